The standard InChI is InChI=1S/C20H27N2S.C2H4OS.K/c1-16-10-11-19(18-9-5-4-8-17(16)18)21-22(2)14-20(15-23)12-6-3-7-13-20;1-4-2-3;/h4-5,8-11,23H,3,6-7,12-15H2,1-2H3;2H,1H3;/q-1;;+1. The van der Waals surface area contributed by atoms with Crippen molar-refractivity contribution in [2.45, 2.75) is 39.0 Å². The molecule has 6 heteroatoms. The second-order valence-electron chi connectivity index (χ2n) is 7.41. The monoisotopic (exact) mass is 442 g/mol. The van der Waals surface area contributed by atoms with Gasteiger partial charge in [-0.15, -0.1) is 5.69 Å². The zero-order chi connectivity index (χ0) is 19.7. The summed E-state index contributed by atoms with van der Waals surface area (Å²) in [7, 11) is 2.11. The van der Waals surface area contributed by atoms with E-state index in [4.69, 9.17) is 10.2 Å². The summed E-state index contributed by atoms with van der Waals surface area (Å²) in [5, 5.41) is 4.67. The molecule has 0 aliphatic heterocycles. The molecule has 0 radical (unpaired) electrons. The number of carbonyl (C=O) groups excluding carboxylic acids is 1. The quantitative estimate of drug-likeness (QED) is 0.322. The summed E-state index contributed by atoms with van der Waals surface area (Å²) in [6.45, 7) is 3.16. The zero-order valence-corrected chi connectivity index (χ0v) is 22.5. The molecule has 0 saturated heterocycles. The van der Waals surface area contributed by atoms with Gasteiger partial charge in [0, 0.05) is 0 Å². The Labute approximate surface area is 222 Å². The van der Waals surface area contributed by atoms with Gasteiger partial charge in [-0.25, -0.2) is 0 Å². The van der Waals surface area contributed by atoms with Crippen LogP contribution in [0, 0.1) is 12.3 Å². The molecule has 0 spiro atoms. The van der Waals surface area contributed by atoms with E-state index < -0.39 is 0 Å². The Morgan fingerprint density at radius 2 is 1.75 bits per heavy atom. The Morgan fingerprint density at radius 1 is 1.14 bits per heavy atom. The summed E-state index contributed by atoms with van der Waals surface area (Å²) >= 11 is 5.83. The maximum absolute atomic E-state index is 9.14. The largest absolute Gasteiger partial charge is 1.00 e. The molecular formula is C22H31KN2OS2. The molecule has 2 aromatic carbocycles. The van der Waals surface area contributed by atoms with Crippen molar-refractivity contribution in [1.82, 2.24) is 5.01 Å². The predicted octanol–water partition coefficient (Wildman–Crippen LogP) is 3.42. The molecule has 28 heavy (non-hydrogen) atoms. The Bertz CT molecular complexity index is 736. The maximum atomic E-state index is 9.14. The van der Waals surface area contributed by atoms with Crippen molar-refractivity contribution in [2.24, 2.45) is 5.41 Å². The fourth-order valence-corrected chi connectivity index (χ4v) is 4.31. The Morgan fingerprint density at radius 3 is 2.32 bits per heavy atom. The fraction of sp³-hybridized carbons (Fsp3) is 0.500. The molecule has 1 aliphatic rings. The molecule has 0 unspecified atom stereocenters. The van der Waals surface area contributed by atoms with Crippen LogP contribution in [0.2, 0.25) is 0 Å². The molecule has 0 aromatic heterocycles. The molecule has 3 rings (SSSR count). The van der Waals surface area contributed by atoms with Crippen molar-refractivity contribution in [3.63, 3.8) is 0 Å². The van der Waals surface area contributed by atoms with Gasteiger partial charge < -0.3 is 10.4 Å². The number of aryl methyl sites for hydroxylation is 1. The molecule has 0 amide bonds. The topological polar surface area (TPSA) is 34.4 Å². The Hall–Kier alpha value is 0.466. The van der Waals surface area contributed by atoms with Crippen LogP contribution in [0.5, 0.6) is 0 Å². The van der Waals surface area contributed by atoms with Crippen molar-refractivity contribution >= 4 is 46.5 Å². The molecule has 0 bridgehead atoms. The number of carbonyl (C=O) groups is 1. The number of thiol groups is 1. The smallest absolute Gasteiger partial charge is 0.620 e. The summed E-state index contributed by atoms with van der Waals surface area (Å²) in [5.74, 6) is 0.960. The normalized spacial score (nSPS) is 15.3. The second-order valence-corrected chi connectivity index (χ2v) is 8.39. The average molecular weight is 443 g/mol. The summed E-state index contributed by atoms with van der Waals surface area (Å²) in [6.07, 6.45) is 8.34. The third kappa shape index (κ3) is 7.62. The third-order valence-electron chi connectivity index (χ3n) is 5.31. The van der Waals surface area contributed by atoms with Gasteiger partial charge in [0.1, 0.15) is 0 Å². The van der Waals surface area contributed by atoms with Crippen LogP contribution in [-0.2, 0) is 4.79 Å². The van der Waals surface area contributed by atoms with E-state index in [1.165, 1.54) is 60.2 Å². The molecule has 2 aromatic rings. The average Bonchev–Trinajstić information content (AvgIpc) is 2.71. The van der Waals surface area contributed by atoms with Gasteiger partial charge in [-0.05, 0) is 67.1 Å². The minimum absolute atomic E-state index is 0. The van der Waals surface area contributed by atoms with Crippen molar-refractivity contribution in [1.29, 1.82) is 0 Å². The van der Waals surface area contributed by atoms with E-state index in [1.807, 2.05) is 0 Å². The Kier molecular flexibility index (Phi) is 13.0. The van der Waals surface area contributed by atoms with Gasteiger partial charge in [0.2, 0.25) is 0 Å². The van der Waals surface area contributed by atoms with Crippen LogP contribution in [0.3, 0.4) is 0 Å². The number of rotatable bonds is 6. The molecule has 3 nitrogen and oxygen atoms in total. The van der Waals surface area contributed by atoms with Gasteiger partial charge in [-0.2, -0.15) is 12.6 Å². The van der Waals surface area contributed by atoms with Crippen LogP contribution < -0.4 is 51.4 Å². The number of fused-ring (bicyclic) bond motifs is 1. The number of thioether (sulfide) groups is 1. The van der Waals surface area contributed by atoms with Gasteiger partial charge in [0.05, 0.1) is 0 Å². The molecule has 148 valence electrons. The predicted molar refractivity (Wildman–Crippen MR) is 124 cm³/mol. The van der Waals surface area contributed by atoms with E-state index in [-0.39, 0.29) is 51.4 Å². The molecule has 0 heterocycles. The molecule has 0 atom stereocenters. The third-order valence-corrected chi connectivity index (χ3v) is 6.17. The first-order valence-electron chi connectivity index (χ1n) is 9.54. The summed E-state index contributed by atoms with van der Waals surface area (Å²) in [4.78, 5) is 9.14. The van der Waals surface area contributed by atoms with Crippen LogP contribution in [-0.4, -0.2) is 36.2 Å². The number of hydrogen-bond donors (Lipinski definition) is 1. The van der Waals surface area contributed by atoms with Crippen LogP contribution in [0.1, 0.15) is 37.7 Å². The first-order valence-corrected chi connectivity index (χ1v) is 11.5. The minimum atomic E-state index is 0. The maximum Gasteiger partial charge on any atom is 1.00 e. The Balaban J connectivity index is 0.000000717. The molecular weight excluding hydrogens is 411 g/mol. The second kappa shape index (κ2) is 13.7. The van der Waals surface area contributed by atoms with Gasteiger partial charge in [-0.3, -0.25) is 4.79 Å². The van der Waals surface area contributed by atoms with Crippen molar-refractivity contribution < 1.29 is 56.2 Å². The summed E-state index contributed by atoms with van der Waals surface area (Å²) in [6, 6.07) is 12.9. The van der Waals surface area contributed by atoms with E-state index in [2.05, 4.69) is 68.0 Å². The SMILES string of the molecule is CSC=O.Cc1ccc([N-]N(C)CC2(CS)CCCCC2)c2ccccc12.[K+]. The van der Waals surface area contributed by atoms with Crippen molar-refractivity contribution in [2.75, 3.05) is 25.6 Å². The van der Waals surface area contributed by atoms with Gasteiger partial charge in [0.15, 0.2) is 5.62 Å². The van der Waals surface area contributed by atoms with Crippen LogP contribution in [0.4, 0.5) is 5.69 Å². The van der Waals surface area contributed by atoms with Crippen LogP contribution in [0.25, 0.3) is 16.2 Å². The number of hydrogen-bond acceptors (Lipinski definition) is 4. The van der Waals surface area contributed by atoms with E-state index in [0.717, 1.165) is 23.6 Å². The van der Waals surface area contributed by atoms with Crippen molar-refractivity contribution in [3.8, 4) is 0 Å². The zero-order valence-electron chi connectivity index (χ0n) is 17.6. The number of nitrogens with zero attached hydrogens (tertiary/aromatic N) is 2. The van der Waals surface area contributed by atoms with E-state index in [1.54, 1.807) is 6.26 Å². The summed E-state index contributed by atoms with van der Waals surface area (Å²) < 4.78 is 0. The molecule has 1 aliphatic carbocycles. The van der Waals surface area contributed by atoms with Crippen LogP contribution >= 0.6 is 24.4 Å². The minimum Gasteiger partial charge on any atom is -0.620 e. The van der Waals surface area contributed by atoms with Crippen molar-refractivity contribution in [3.05, 3.63) is 47.4 Å². The first-order chi connectivity index (χ1) is 13.0. The van der Waals surface area contributed by atoms with E-state index >= 15 is 0 Å². The van der Waals surface area contributed by atoms with Gasteiger partial charge >= 0.3 is 51.4 Å². The summed E-state index contributed by atoms with van der Waals surface area (Å²) in [5.41, 5.74) is 8.41. The first kappa shape index (κ1) is 26.5. The van der Waals surface area contributed by atoms with E-state index in [0.29, 0.717) is 5.41 Å². The van der Waals surface area contributed by atoms with Gasteiger partial charge in [-0.1, -0.05) is 67.4 Å². The number of benzene rings is 2. The fourth-order valence-electron chi connectivity index (χ4n) is 3.89. The van der Waals surface area contributed by atoms with Gasteiger partial charge in [0.25, 0.3) is 0 Å². The molecule has 0 N–H and O–H groups in total. The van der Waals surface area contributed by atoms with Crippen LogP contribution in [0.15, 0.2) is 36.4 Å². The molecule has 1 saturated carbocycles. The molecule has 1 fully saturated rings. The van der Waals surface area contributed by atoms with E-state index in [9.17, 15) is 0 Å².